The Labute approximate surface area is 162 Å². The third-order valence-corrected chi connectivity index (χ3v) is 7.61. The van der Waals surface area contributed by atoms with E-state index in [1.807, 2.05) is 49.2 Å². The summed E-state index contributed by atoms with van der Waals surface area (Å²) < 4.78 is 28.8. The number of amides is 1. The van der Waals surface area contributed by atoms with Crippen LogP contribution in [0, 0.1) is 0 Å². The fourth-order valence-electron chi connectivity index (χ4n) is 3.78. The normalized spacial score (nSPS) is 21.9. The quantitative estimate of drug-likeness (QED) is 0.742. The third kappa shape index (κ3) is 4.51. The molecule has 27 heavy (non-hydrogen) atoms. The second-order valence-corrected chi connectivity index (χ2v) is 9.23. The van der Waals surface area contributed by atoms with Crippen LogP contribution in [-0.4, -0.2) is 92.1 Å². The molecule has 0 unspecified atom stereocenters. The van der Waals surface area contributed by atoms with Crippen LogP contribution in [0.5, 0.6) is 0 Å². The monoisotopic (exact) mass is 394 g/mol. The van der Waals surface area contributed by atoms with Crippen LogP contribution in [0.2, 0.25) is 0 Å². The highest BCUT2D eigenvalue weighted by molar-refractivity contribution is 7.86. The Bertz CT molecular complexity index is 725. The minimum atomic E-state index is -3.43. The zero-order chi connectivity index (χ0) is 19.4. The lowest BCUT2D eigenvalue weighted by Crippen LogP contribution is -2.57. The van der Waals surface area contributed by atoms with E-state index in [1.54, 1.807) is 4.31 Å². The van der Waals surface area contributed by atoms with Gasteiger partial charge in [-0.25, -0.2) is 0 Å². The molecule has 0 aromatic heterocycles. The van der Waals surface area contributed by atoms with Crippen molar-refractivity contribution in [2.75, 3.05) is 59.4 Å². The summed E-state index contributed by atoms with van der Waals surface area (Å²) in [5, 5.41) is 0. The van der Waals surface area contributed by atoms with Gasteiger partial charge in [-0.3, -0.25) is 4.79 Å². The number of carbonyl (C=O) groups excluding carboxylic acids is 1. The van der Waals surface area contributed by atoms with Crippen LogP contribution in [0.3, 0.4) is 0 Å². The first-order chi connectivity index (χ1) is 12.9. The van der Waals surface area contributed by atoms with Crippen molar-refractivity contribution < 1.29 is 13.2 Å². The first kappa shape index (κ1) is 20.3. The lowest BCUT2D eigenvalue weighted by Gasteiger charge is -2.39. The largest absolute Gasteiger partial charge is 0.340 e. The third-order valence-electron chi connectivity index (χ3n) is 5.57. The van der Waals surface area contributed by atoms with Crippen molar-refractivity contribution >= 4 is 16.1 Å². The van der Waals surface area contributed by atoms with Gasteiger partial charge in [0.1, 0.15) is 0 Å². The van der Waals surface area contributed by atoms with Crippen molar-refractivity contribution in [1.82, 2.24) is 18.4 Å². The van der Waals surface area contributed by atoms with E-state index in [-0.39, 0.29) is 11.8 Å². The molecule has 7 nitrogen and oxygen atoms in total. The number of benzene rings is 1. The summed E-state index contributed by atoms with van der Waals surface area (Å²) in [5.41, 5.74) is 1.03. The molecule has 1 atom stereocenters. The number of piperazine rings is 2. The molecule has 2 heterocycles. The van der Waals surface area contributed by atoms with E-state index in [0.29, 0.717) is 39.3 Å². The lowest BCUT2D eigenvalue weighted by atomic mass is 9.95. The molecular formula is C19H30N4O3S. The number of hydrogen-bond acceptors (Lipinski definition) is 4. The predicted molar refractivity (Wildman–Crippen MR) is 106 cm³/mol. The summed E-state index contributed by atoms with van der Waals surface area (Å²) in [6.45, 7) is 6.23. The molecule has 2 aliphatic heterocycles. The second-order valence-electron chi connectivity index (χ2n) is 7.31. The van der Waals surface area contributed by atoms with E-state index in [1.165, 1.54) is 4.31 Å². The topological polar surface area (TPSA) is 64.2 Å². The molecule has 1 amide bonds. The number of rotatable bonds is 5. The van der Waals surface area contributed by atoms with Gasteiger partial charge in [0.15, 0.2) is 0 Å². The second kappa shape index (κ2) is 8.68. The Kier molecular flexibility index (Phi) is 6.52. The van der Waals surface area contributed by atoms with Crippen molar-refractivity contribution in [2.24, 2.45) is 0 Å². The van der Waals surface area contributed by atoms with E-state index in [4.69, 9.17) is 0 Å². The maximum atomic E-state index is 13.0. The highest BCUT2D eigenvalue weighted by atomic mass is 32.2. The summed E-state index contributed by atoms with van der Waals surface area (Å²) in [6, 6.07) is 9.82. The maximum Gasteiger partial charge on any atom is 0.282 e. The van der Waals surface area contributed by atoms with Gasteiger partial charge in [0.2, 0.25) is 5.91 Å². The SMILES string of the molecule is CC[C@@H](C(=O)N1CCN(S(=O)(=O)N2CCN(C)CC2)CC1)c1ccccc1. The summed E-state index contributed by atoms with van der Waals surface area (Å²) >= 11 is 0. The molecule has 0 bridgehead atoms. The first-order valence-corrected chi connectivity index (χ1v) is 11.1. The van der Waals surface area contributed by atoms with E-state index in [0.717, 1.165) is 25.1 Å². The van der Waals surface area contributed by atoms with Crippen molar-refractivity contribution in [3.05, 3.63) is 35.9 Å². The van der Waals surface area contributed by atoms with Gasteiger partial charge >= 0.3 is 0 Å². The maximum absolute atomic E-state index is 13.0. The van der Waals surface area contributed by atoms with Gasteiger partial charge in [-0.1, -0.05) is 37.3 Å². The molecule has 3 rings (SSSR count). The fourth-order valence-corrected chi connectivity index (χ4v) is 5.36. The van der Waals surface area contributed by atoms with Crippen LogP contribution in [0.15, 0.2) is 30.3 Å². The summed E-state index contributed by atoms with van der Waals surface area (Å²) in [4.78, 5) is 16.9. The van der Waals surface area contributed by atoms with E-state index < -0.39 is 10.2 Å². The molecule has 0 spiro atoms. The highest BCUT2D eigenvalue weighted by Gasteiger charge is 2.35. The zero-order valence-corrected chi connectivity index (χ0v) is 17.1. The average Bonchev–Trinajstić information content (AvgIpc) is 2.70. The average molecular weight is 395 g/mol. The van der Waals surface area contributed by atoms with Gasteiger partial charge in [0.05, 0.1) is 5.92 Å². The van der Waals surface area contributed by atoms with Crippen LogP contribution in [0.4, 0.5) is 0 Å². The van der Waals surface area contributed by atoms with E-state index in [2.05, 4.69) is 4.90 Å². The number of likely N-dealkylation sites (N-methyl/N-ethyl adjacent to an activating group) is 1. The van der Waals surface area contributed by atoms with Crippen LogP contribution >= 0.6 is 0 Å². The Morgan fingerprint density at radius 3 is 1.96 bits per heavy atom. The Balaban J connectivity index is 1.60. The Hall–Kier alpha value is -1.48. The molecule has 0 radical (unpaired) electrons. The number of carbonyl (C=O) groups is 1. The van der Waals surface area contributed by atoms with Gasteiger partial charge < -0.3 is 9.80 Å². The minimum Gasteiger partial charge on any atom is -0.340 e. The van der Waals surface area contributed by atoms with Crippen molar-refractivity contribution in [3.8, 4) is 0 Å². The van der Waals surface area contributed by atoms with E-state index in [9.17, 15) is 13.2 Å². The van der Waals surface area contributed by atoms with Gasteiger partial charge in [-0.15, -0.1) is 0 Å². The zero-order valence-electron chi connectivity index (χ0n) is 16.2. The fraction of sp³-hybridized carbons (Fsp3) is 0.632. The number of hydrogen-bond donors (Lipinski definition) is 0. The molecule has 8 heteroatoms. The Morgan fingerprint density at radius 1 is 0.926 bits per heavy atom. The molecule has 0 aliphatic carbocycles. The number of nitrogens with zero attached hydrogens (tertiary/aromatic N) is 4. The van der Waals surface area contributed by atoms with Crippen LogP contribution in [-0.2, 0) is 15.0 Å². The van der Waals surface area contributed by atoms with Crippen molar-refractivity contribution in [2.45, 2.75) is 19.3 Å². The van der Waals surface area contributed by atoms with Crippen LogP contribution < -0.4 is 0 Å². The van der Waals surface area contributed by atoms with Gasteiger partial charge in [-0.05, 0) is 19.0 Å². The summed E-state index contributed by atoms with van der Waals surface area (Å²) in [6.07, 6.45) is 0.739. The summed E-state index contributed by atoms with van der Waals surface area (Å²) in [5.74, 6) is -0.0627. The molecular weight excluding hydrogens is 364 g/mol. The molecule has 150 valence electrons. The molecule has 1 aromatic carbocycles. The molecule has 1 aromatic rings. The molecule has 2 aliphatic rings. The first-order valence-electron chi connectivity index (χ1n) is 9.71. The van der Waals surface area contributed by atoms with Gasteiger partial charge in [-0.2, -0.15) is 17.0 Å². The van der Waals surface area contributed by atoms with Gasteiger partial charge in [0.25, 0.3) is 10.2 Å². The highest BCUT2D eigenvalue weighted by Crippen LogP contribution is 2.23. The lowest BCUT2D eigenvalue weighted by molar-refractivity contribution is -0.134. The van der Waals surface area contributed by atoms with Crippen LogP contribution in [0.1, 0.15) is 24.8 Å². The standard InChI is InChI=1S/C19H30N4O3S/c1-3-18(17-7-5-4-6-8-17)19(24)21-11-15-23(16-12-21)27(25,26)22-13-9-20(2)10-14-22/h4-8,18H,3,9-16H2,1-2H3/t18-/m1/s1. The molecule has 2 fully saturated rings. The molecule has 0 saturated carbocycles. The van der Waals surface area contributed by atoms with Crippen molar-refractivity contribution in [3.63, 3.8) is 0 Å². The molecule has 2 saturated heterocycles. The van der Waals surface area contributed by atoms with Crippen LogP contribution in [0.25, 0.3) is 0 Å². The minimum absolute atomic E-state index is 0.0975. The van der Waals surface area contributed by atoms with Crippen molar-refractivity contribution in [1.29, 1.82) is 0 Å². The molecule has 0 N–H and O–H groups in total. The van der Waals surface area contributed by atoms with E-state index >= 15 is 0 Å². The smallest absolute Gasteiger partial charge is 0.282 e. The summed E-state index contributed by atoms with van der Waals surface area (Å²) in [7, 11) is -1.43. The van der Waals surface area contributed by atoms with Gasteiger partial charge in [0, 0.05) is 52.4 Å². The predicted octanol–water partition coefficient (Wildman–Crippen LogP) is 0.817. The Morgan fingerprint density at radius 2 is 1.44 bits per heavy atom.